The number of rotatable bonds is 9. The molecule has 0 saturated carbocycles. The van der Waals surface area contributed by atoms with Gasteiger partial charge >= 0.3 is 11.7 Å². The van der Waals surface area contributed by atoms with Gasteiger partial charge in [0.25, 0.3) is 5.91 Å². The van der Waals surface area contributed by atoms with Crippen LogP contribution in [0.3, 0.4) is 0 Å². The van der Waals surface area contributed by atoms with Crippen LogP contribution in [0, 0.1) is 10.1 Å². The fraction of sp³-hybridized carbons (Fsp3) is 0.0370. The third kappa shape index (κ3) is 6.03. The molecule has 3 heterocycles. The number of nitro benzene ring substituents is 1. The Balaban J connectivity index is 1.25. The minimum atomic E-state index is -0.937. The molecular formula is C27H16N2O10S2. The number of nitrogens with zero attached hydrogens (tertiary/aromatic N) is 1. The van der Waals surface area contributed by atoms with E-state index < -0.39 is 29.1 Å². The first-order chi connectivity index (χ1) is 19.7. The molecule has 12 nitrogen and oxygen atoms in total. The Morgan fingerprint density at radius 3 is 2.37 bits per heavy atom. The molecule has 0 bridgehead atoms. The first kappa shape index (κ1) is 27.4. The van der Waals surface area contributed by atoms with Crippen LogP contribution in [-0.4, -0.2) is 39.3 Å². The number of thioether (sulfide) groups is 1. The van der Waals surface area contributed by atoms with Crippen molar-refractivity contribution in [2.75, 3.05) is 6.79 Å². The predicted octanol–water partition coefficient (Wildman–Crippen LogP) is 5.32. The molecule has 206 valence electrons. The highest BCUT2D eigenvalue weighted by Crippen LogP contribution is 2.35. The van der Waals surface area contributed by atoms with Gasteiger partial charge in [-0.2, -0.15) is 0 Å². The fourth-order valence-corrected chi connectivity index (χ4v) is 4.75. The zero-order chi connectivity index (χ0) is 29.1. The molecule has 1 amide bonds. The summed E-state index contributed by atoms with van der Waals surface area (Å²) in [5.74, 6) is -0.781. The molecule has 1 aliphatic rings. The quantitative estimate of drug-likeness (QED) is 0.0488. The number of phenols is 1. The molecule has 41 heavy (non-hydrogen) atoms. The number of aldehydes is 1. The number of hydrogen-bond donors (Lipinski definition) is 2. The maximum atomic E-state index is 12.5. The third-order valence-corrected chi connectivity index (χ3v) is 6.79. The van der Waals surface area contributed by atoms with Gasteiger partial charge in [0.1, 0.15) is 32.9 Å². The number of ether oxygens (including phenoxy) is 2. The molecule has 0 unspecified atom stereocenters. The van der Waals surface area contributed by atoms with Gasteiger partial charge in [0.15, 0.2) is 12.0 Å². The zero-order valence-corrected chi connectivity index (χ0v) is 22.2. The molecule has 0 aliphatic carbocycles. The summed E-state index contributed by atoms with van der Waals surface area (Å²) in [4.78, 5) is 46.5. The number of nitro groups is 1. The van der Waals surface area contributed by atoms with Gasteiger partial charge in [0.05, 0.1) is 9.83 Å². The normalized spacial score (nSPS) is 13.7. The molecular weight excluding hydrogens is 576 g/mol. The monoisotopic (exact) mass is 592 g/mol. The van der Waals surface area contributed by atoms with Gasteiger partial charge in [-0.15, -0.1) is 0 Å². The summed E-state index contributed by atoms with van der Waals surface area (Å²) < 4.78 is 21.7. The molecule has 0 spiro atoms. The smallest absolute Gasteiger partial charge is 0.344 e. The highest BCUT2D eigenvalue weighted by Gasteiger charge is 2.23. The standard InChI is InChI=1S/C27H16N2O10S2/c30-12-17-4-8-22(39-17)15-1-5-18(20(31)10-15)26(33)37-13-36-23-6-2-14(9-19(23)29(34)35)21-7-3-16(38-21)11-24-25(32)28-27(40)41-24/h1-12,31H,13H2,(H,28,32,40)/b24-11-. The summed E-state index contributed by atoms with van der Waals surface area (Å²) in [6.07, 6.45) is 2.04. The topological polar surface area (TPSA) is 171 Å². The Labute approximate surface area is 239 Å². The van der Waals surface area contributed by atoms with E-state index in [9.17, 15) is 29.6 Å². The van der Waals surface area contributed by atoms with E-state index in [0.717, 1.165) is 11.8 Å². The molecule has 5 rings (SSSR count). The number of nitrogens with one attached hydrogen (secondary N) is 1. The van der Waals surface area contributed by atoms with E-state index in [0.29, 0.717) is 43.9 Å². The first-order valence-electron chi connectivity index (χ1n) is 11.5. The molecule has 2 N–H and O–H groups in total. The van der Waals surface area contributed by atoms with E-state index in [1.807, 2.05) is 0 Å². The van der Waals surface area contributed by atoms with Crippen LogP contribution in [0.1, 0.15) is 26.7 Å². The summed E-state index contributed by atoms with van der Waals surface area (Å²) in [6, 6.07) is 14.3. The van der Waals surface area contributed by atoms with E-state index in [4.69, 9.17) is 30.5 Å². The minimum absolute atomic E-state index is 0.105. The predicted molar refractivity (Wildman–Crippen MR) is 149 cm³/mol. The zero-order valence-electron chi connectivity index (χ0n) is 20.5. The summed E-state index contributed by atoms with van der Waals surface area (Å²) in [5.41, 5.74) is 0.201. The maximum Gasteiger partial charge on any atom is 0.344 e. The number of aromatic hydroxyl groups is 1. The van der Waals surface area contributed by atoms with Gasteiger partial charge in [-0.25, -0.2) is 4.79 Å². The second-order valence-electron chi connectivity index (χ2n) is 8.24. The second kappa shape index (κ2) is 11.5. The number of phenolic OH excluding ortho intramolecular Hbond substituents is 1. The third-order valence-electron chi connectivity index (χ3n) is 5.63. The largest absolute Gasteiger partial charge is 0.507 e. The molecule has 1 fully saturated rings. The highest BCUT2D eigenvalue weighted by atomic mass is 32.2. The lowest BCUT2D eigenvalue weighted by Gasteiger charge is -2.10. The van der Waals surface area contributed by atoms with Crippen LogP contribution >= 0.6 is 24.0 Å². The minimum Gasteiger partial charge on any atom is -0.507 e. The van der Waals surface area contributed by atoms with Crippen LogP contribution in [0.2, 0.25) is 0 Å². The maximum absolute atomic E-state index is 12.5. The van der Waals surface area contributed by atoms with Gasteiger partial charge < -0.3 is 28.7 Å². The SMILES string of the molecule is O=Cc1ccc(-c2ccc(C(=O)OCOc3ccc(-c4ccc(/C=C5\SC(=S)NC5=O)o4)cc3[N+](=O)[O-])c(O)c2)o1. The van der Waals surface area contributed by atoms with Crippen molar-refractivity contribution in [2.24, 2.45) is 0 Å². The number of esters is 1. The number of amides is 1. The van der Waals surface area contributed by atoms with Crippen LogP contribution in [0.25, 0.3) is 28.7 Å². The van der Waals surface area contributed by atoms with Crippen LogP contribution in [0.4, 0.5) is 5.69 Å². The number of carbonyl (C=O) groups excluding carboxylic acids is 3. The number of benzene rings is 2. The van der Waals surface area contributed by atoms with Crippen molar-refractivity contribution in [1.29, 1.82) is 0 Å². The molecule has 2 aromatic carbocycles. The van der Waals surface area contributed by atoms with E-state index in [-0.39, 0.29) is 23.0 Å². The van der Waals surface area contributed by atoms with E-state index in [1.165, 1.54) is 54.6 Å². The summed E-state index contributed by atoms with van der Waals surface area (Å²) in [7, 11) is 0. The number of thiocarbonyl (C=S) groups is 1. The number of furan rings is 2. The van der Waals surface area contributed by atoms with Crippen molar-refractivity contribution in [3.05, 3.63) is 92.8 Å². The van der Waals surface area contributed by atoms with Gasteiger partial charge in [-0.3, -0.25) is 19.7 Å². The van der Waals surface area contributed by atoms with Gasteiger partial charge in [0, 0.05) is 23.3 Å². The van der Waals surface area contributed by atoms with Gasteiger partial charge in [-0.1, -0.05) is 30.0 Å². The Hall–Kier alpha value is -5.21. The van der Waals surface area contributed by atoms with E-state index >= 15 is 0 Å². The molecule has 1 aliphatic heterocycles. The van der Waals surface area contributed by atoms with Crippen LogP contribution in [0.5, 0.6) is 11.5 Å². The average molecular weight is 593 g/mol. The fourth-order valence-electron chi connectivity index (χ4n) is 3.72. The second-order valence-corrected chi connectivity index (χ2v) is 9.96. The molecule has 2 aromatic heterocycles. The Bertz CT molecular complexity index is 1750. The Morgan fingerprint density at radius 2 is 1.73 bits per heavy atom. The summed E-state index contributed by atoms with van der Waals surface area (Å²) in [6.45, 7) is -0.679. The van der Waals surface area contributed by atoms with Crippen molar-refractivity contribution in [2.45, 2.75) is 0 Å². The lowest BCUT2D eigenvalue weighted by molar-refractivity contribution is -0.386. The lowest BCUT2D eigenvalue weighted by Crippen LogP contribution is -2.17. The van der Waals surface area contributed by atoms with E-state index in [1.54, 1.807) is 12.1 Å². The van der Waals surface area contributed by atoms with Crippen LogP contribution in [0.15, 0.2) is 74.4 Å². The van der Waals surface area contributed by atoms with Gasteiger partial charge in [0.2, 0.25) is 12.5 Å². The van der Waals surface area contributed by atoms with Crippen molar-refractivity contribution in [1.82, 2.24) is 5.32 Å². The molecule has 0 atom stereocenters. The molecule has 1 saturated heterocycles. The molecule has 14 heteroatoms. The average Bonchev–Trinajstić information content (AvgIpc) is 3.69. The van der Waals surface area contributed by atoms with Crippen LogP contribution in [-0.2, 0) is 9.53 Å². The van der Waals surface area contributed by atoms with Crippen molar-refractivity contribution in [3.63, 3.8) is 0 Å². The molecule has 0 radical (unpaired) electrons. The van der Waals surface area contributed by atoms with Crippen molar-refractivity contribution >= 4 is 58.2 Å². The van der Waals surface area contributed by atoms with Gasteiger partial charge in [-0.05, 0) is 48.5 Å². The van der Waals surface area contributed by atoms with E-state index in [2.05, 4.69) is 5.32 Å². The highest BCUT2D eigenvalue weighted by molar-refractivity contribution is 8.26. The Kier molecular flexibility index (Phi) is 7.67. The Morgan fingerprint density at radius 1 is 1.05 bits per heavy atom. The van der Waals surface area contributed by atoms with Crippen molar-refractivity contribution < 1.29 is 42.7 Å². The van der Waals surface area contributed by atoms with Crippen molar-refractivity contribution in [3.8, 4) is 34.1 Å². The summed E-state index contributed by atoms with van der Waals surface area (Å²) >= 11 is 6.05. The number of carbonyl (C=O) groups is 3. The van der Waals surface area contributed by atoms with Crippen LogP contribution < -0.4 is 10.1 Å². The number of hydrogen-bond acceptors (Lipinski definition) is 12. The lowest BCUT2D eigenvalue weighted by atomic mass is 10.1. The summed E-state index contributed by atoms with van der Waals surface area (Å²) in [5, 5.41) is 24.5. The molecule has 4 aromatic rings. The first-order valence-corrected chi connectivity index (χ1v) is 12.8.